The van der Waals surface area contributed by atoms with E-state index in [1.54, 1.807) is 9.80 Å². The molecule has 7 heteroatoms. The number of hydrogen-bond acceptors (Lipinski definition) is 2. The zero-order chi connectivity index (χ0) is 17.7. The van der Waals surface area contributed by atoms with Crippen molar-refractivity contribution < 1.29 is 17.6 Å². The Kier molecular flexibility index (Phi) is 4.80. The van der Waals surface area contributed by atoms with Gasteiger partial charge in [-0.3, -0.25) is 9.80 Å². The Morgan fingerprint density at radius 1 is 0.615 bits per heavy atom. The standard InChI is InChI=1S/C19H18F4N2.ClH/c20-17(21)11-24(12-17)19(15-7-3-1-4-8-15,16-9-5-2-6-10-16)25-13-18(22,23)14-25;/h1-10H,11-14H2;1H. The molecule has 0 N–H and O–H groups in total. The van der Waals surface area contributed by atoms with E-state index in [2.05, 4.69) is 0 Å². The van der Waals surface area contributed by atoms with Gasteiger partial charge in [-0.2, -0.15) is 0 Å². The van der Waals surface area contributed by atoms with Crippen LogP contribution in [0.1, 0.15) is 11.1 Å². The first-order valence-corrected chi connectivity index (χ1v) is 8.20. The normalized spacial score (nSPS) is 22.0. The fourth-order valence-electron chi connectivity index (χ4n) is 3.92. The number of nitrogens with zero attached hydrogens (tertiary/aromatic N) is 2. The molecule has 2 fully saturated rings. The molecule has 0 bridgehead atoms. The number of hydrogen-bond donors (Lipinski definition) is 0. The quantitative estimate of drug-likeness (QED) is 0.726. The molecule has 0 aliphatic carbocycles. The smallest absolute Gasteiger partial charge is 0.266 e. The third kappa shape index (κ3) is 3.00. The maximum Gasteiger partial charge on any atom is 0.273 e. The van der Waals surface area contributed by atoms with E-state index in [1.807, 2.05) is 60.7 Å². The molecule has 140 valence electrons. The summed E-state index contributed by atoms with van der Waals surface area (Å²) < 4.78 is 54.7. The molecule has 2 heterocycles. The third-order valence-electron chi connectivity index (χ3n) is 4.96. The predicted octanol–water partition coefficient (Wildman–Crippen LogP) is 4.21. The van der Waals surface area contributed by atoms with Gasteiger partial charge in [0.2, 0.25) is 0 Å². The van der Waals surface area contributed by atoms with Gasteiger partial charge >= 0.3 is 0 Å². The van der Waals surface area contributed by atoms with Crippen molar-refractivity contribution in [3.8, 4) is 0 Å². The zero-order valence-electron chi connectivity index (χ0n) is 13.9. The highest BCUT2D eigenvalue weighted by molar-refractivity contribution is 5.85. The number of rotatable bonds is 4. The van der Waals surface area contributed by atoms with E-state index >= 15 is 0 Å². The molecule has 2 saturated heterocycles. The minimum absolute atomic E-state index is 0. The monoisotopic (exact) mass is 386 g/mol. The topological polar surface area (TPSA) is 6.48 Å². The summed E-state index contributed by atoms with van der Waals surface area (Å²) in [7, 11) is 0. The van der Waals surface area contributed by atoms with Crippen LogP contribution >= 0.6 is 12.4 Å². The molecule has 2 aromatic carbocycles. The molecular weight excluding hydrogens is 368 g/mol. The van der Waals surface area contributed by atoms with Crippen LogP contribution in [-0.2, 0) is 5.66 Å². The molecule has 2 aliphatic heterocycles. The lowest BCUT2D eigenvalue weighted by molar-refractivity contribution is -0.248. The van der Waals surface area contributed by atoms with Crippen molar-refractivity contribution in [2.45, 2.75) is 17.5 Å². The van der Waals surface area contributed by atoms with E-state index in [0.29, 0.717) is 0 Å². The first-order chi connectivity index (χ1) is 11.8. The van der Waals surface area contributed by atoms with Crippen molar-refractivity contribution in [1.82, 2.24) is 9.80 Å². The van der Waals surface area contributed by atoms with Crippen molar-refractivity contribution in [1.29, 1.82) is 0 Å². The van der Waals surface area contributed by atoms with Crippen molar-refractivity contribution >= 4 is 12.4 Å². The van der Waals surface area contributed by atoms with Gasteiger partial charge in [-0.05, 0) is 11.1 Å². The second-order valence-electron chi connectivity index (χ2n) is 6.83. The summed E-state index contributed by atoms with van der Waals surface area (Å²) in [6, 6.07) is 18.2. The lowest BCUT2D eigenvalue weighted by Crippen LogP contribution is -2.75. The van der Waals surface area contributed by atoms with Gasteiger partial charge in [0.25, 0.3) is 11.8 Å². The van der Waals surface area contributed by atoms with E-state index < -0.39 is 43.7 Å². The molecule has 2 aromatic rings. The van der Waals surface area contributed by atoms with Crippen molar-refractivity contribution in [2.75, 3.05) is 26.2 Å². The second kappa shape index (κ2) is 6.51. The Hall–Kier alpha value is -1.63. The molecule has 0 spiro atoms. The van der Waals surface area contributed by atoms with E-state index in [4.69, 9.17) is 0 Å². The van der Waals surface area contributed by atoms with Crippen molar-refractivity contribution in [3.05, 3.63) is 71.8 Å². The molecule has 0 unspecified atom stereocenters. The van der Waals surface area contributed by atoms with E-state index in [-0.39, 0.29) is 12.4 Å². The van der Waals surface area contributed by atoms with Gasteiger partial charge in [-0.1, -0.05) is 60.7 Å². The third-order valence-corrected chi connectivity index (χ3v) is 4.96. The van der Waals surface area contributed by atoms with Gasteiger partial charge in [0.1, 0.15) is 5.66 Å². The molecule has 4 rings (SSSR count). The SMILES string of the molecule is Cl.FC1(F)CN(C(c2ccccc2)(c2ccccc2)N2CC(F)(F)C2)C1. The second-order valence-corrected chi connectivity index (χ2v) is 6.83. The molecule has 26 heavy (non-hydrogen) atoms. The van der Waals surface area contributed by atoms with Crippen LogP contribution in [0.15, 0.2) is 60.7 Å². The lowest BCUT2D eigenvalue weighted by atomic mass is 9.82. The average molecular weight is 387 g/mol. The molecular formula is C19H19ClF4N2. The van der Waals surface area contributed by atoms with E-state index in [1.165, 1.54) is 0 Å². The summed E-state index contributed by atoms with van der Waals surface area (Å²) in [5, 5.41) is 0. The highest BCUT2D eigenvalue weighted by Gasteiger charge is 2.62. The zero-order valence-corrected chi connectivity index (χ0v) is 14.7. The molecule has 0 radical (unpaired) electrons. The van der Waals surface area contributed by atoms with Gasteiger partial charge in [-0.15, -0.1) is 12.4 Å². The van der Waals surface area contributed by atoms with Crippen LogP contribution in [0.2, 0.25) is 0 Å². The van der Waals surface area contributed by atoms with Gasteiger partial charge in [0.15, 0.2) is 0 Å². The fraction of sp³-hybridized carbons (Fsp3) is 0.368. The molecule has 0 amide bonds. The summed E-state index contributed by atoms with van der Waals surface area (Å²) >= 11 is 0. The summed E-state index contributed by atoms with van der Waals surface area (Å²) in [6.45, 7) is -1.78. The van der Waals surface area contributed by atoms with Gasteiger partial charge in [-0.25, -0.2) is 17.6 Å². The van der Waals surface area contributed by atoms with Crippen molar-refractivity contribution in [3.63, 3.8) is 0 Å². The number of alkyl halides is 4. The van der Waals surface area contributed by atoms with Crippen LogP contribution in [-0.4, -0.2) is 47.8 Å². The van der Waals surface area contributed by atoms with Crippen molar-refractivity contribution in [2.24, 2.45) is 0 Å². The minimum Gasteiger partial charge on any atom is -0.266 e. The Bertz CT molecular complexity index is 673. The summed E-state index contributed by atoms with van der Waals surface area (Å²) in [5.74, 6) is -5.58. The number of benzene rings is 2. The molecule has 2 nitrogen and oxygen atoms in total. The van der Waals surface area contributed by atoms with E-state index in [0.717, 1.165) is 11.1 Å². The average Bonchev–Trinajstić information content (AvgIpc) is 2.54. The molecule has 0 saturated carbocycles. The maximum absolute atomic E-state index is 13.7. The Labute approximate surface area is 155 Å². The molecule has 2 aliphatic rings. The summed E-state index contributed by atoms with van der Waals surface area (Å²) in [6.07, 6.45) is 0. The first kappa shape index (κ1) is 19.1. The van der Waals surface area contributed by atoms with Gasteiger partial charge < -0.3 is 0 Å². The highest BCUT2D eigenvalue weighted by Crippen LogP contribution is 2.49. The van der Waals surface area contributed by atoms with Gasteiger partial charge in [0, 0.05) is 0 Å². The largest absolute Gasteiger partial charge is 0.273 e. The number of likely N-dealkylation sites (tertiary alicyclic amines) is 2. The number of halogens is 5. The van der Waals surface area contributed by atoms with Crippen LogP contribution < -0.4 is 0 Å². The molecule has 0 aromatic heterocycles. The summed E-state index contributed by atoms with van der Waals surface area (Å²) in [5.41, 5.74) is 0.353. The Morgan fingerprint density at radius 2 is 0.923 bits per heavy atom. The predicted molar refractivity (Wildman–Crippen MR) is 94.0 cm³/mol. The van der Waals surface area contributed by atoms with Crippen LogP contribution in [0.3, 0.4) is 0 Å². The minimum atomic E-state index is -2.79. The van der Waals surface area contributed by atoms with Crippen LogP contribution in [0.4, 0.5) is 17.6 Å². The highest BCUT2D eigenvalue weighted by atomic mass is 35.5. The maximum atomic E-state index is 13.7. The van der Waals surface area contributed by atoms with E-state index in [9.17, 15) is 17.6 Å². The van der Waals surface area contributed by atoms with Crippen LogP contribution in [0.25, 0.3) is 0 Å². The van der Waals surface area contributed by atoms with Gasteiger partial charge in [0.05, 0.1) is 26.2 Å². The Morgan fingerprint density at radius 3 is 1.19 bits per heavy atom. The van der Waals surface area contributed by atoms with Crippen LogP contribution in [0, 0.1) is 0 Å². The lowest BCUT2D eigenvalue weighted by Gasteiger charge is -2.60. The Balaban J connectivity index is 0.00000196. The fourth-order valence-corrected chi connectivity index (χ4v) is 3.92. The molecule has 0 atom stereocenters. The van der Waals surface area contributed by atoms with Crippen LogP contribution in [0.5, 0.6) is 0 Å². The first-order valence-electron chi connectivity index (χ1n) is 8.20. The summed E-state index contributed by atoms with van der Waals surface area (Å²) in [4.78, 5) is 3.21.